The molecule has 1 atom stereocenters. The molecule has 86 valence electrons. The Labute approximate surface area is 96.3 Å². The van der Waals surface area contributed by atoms with Crippen molar-refractivity contribution in [1.82, 2.24) is 4.98 Å². The molecule has 15 heavy (non-hydrogen) atoms. The second-order valence-electron chi connectivity index (χ2n) is 3.08. The molecule has 1 aromatic heterocycles. The molecule has 3 nitrogen and oxygen atoms in total. The topological polar surface area (TPSA) is 42.4 Å². The van der Waals surface area contributed by atoms with Gasteiger partial charge in [-0.3, -0.25) is 0 Å². The number of aliphatic hydroxyl groups is 1. The van der Waals surface area contributed by atoms with Crippen molar-refractivity contribution in [3.8, 4) is 0 Å². The van der Waals surface area contributed by atoms with Crippen molar-refractivity contribution in [3.63, 3.8) is 0 Å². The van der Waals surface area contributed by atoms with Gasteiger partial charge in [-0.1, -0.05) is 6.92 Å². The van der Waals surface area contributed by atoms with Gasteiger partial charge in [-0.2, -0.15) is 0 Å². The summed E-state index contributed by atoms with van der Waals surface area (Å²) in [6, 6.07) is 0. The lowest BCUT2D eigenvalue weighted by atomic mass is 10.5. The van der Waals surface area contributed by atoms with Crippen LogP contribution in [0, 0.1) is 0 Å². The standard InChI is InChI=1S/C10H18NO2PS/c1-3-13-14(4-2)7-9-8-15-10(11-9)5-6-12/h8,12H,3-7H2,1-2H3. The van der Waals surface area contributed by atoms with Crippen molar-refractivity contribution < 1.29 is 9.63 Å². The van der Waals surface area contributed by atoms with Crippen LogP contribution in [-0.4, -0.2) is 29.5 Å². The summed E-state index contributed by atoms with van der Waals surface area (Å²) in [6.45, 7) is 5.15. The smallest absolute Gasteiger partial charge is 0.0951 e. The fraction of sp³-hybridized carbons (Fsp3) is 0.700. The van der Waals surface area contributed by atoms with Gasteiger partial charge in [0.2, 0.25) is 0 Å². The van der Waals surface area contributed by atoms with Crippen LogP contribution in [0.25, 0.3) is 0 Å². The minimum atomic E-state index is -0.349. The number of hydrogen-bond acceptors (Lipinski definition) is 4. The Kier molecular flexibility index (Phi) is 6.34. The highest BCUT2D eigenvalue weighted by atomic mass is 32.1. The number of nitrogens with zero attached hydrogens (tertiary/aromatic N) is 1. The third-order valence-electron chi connectivity index (χ3n) is 1.93. The van der Waals surface area contributed by atoms with Crippen molar-refractivity contribution in [1.29, 1.82) is 0 Å². The monoisotopic (exact) mass is 247 g/mol. The Morgan fingerprint density at radius 3 is 2.93 bits per heavy atom. The third kappa shape index (κ3) is 4.56. The molecule has 1 rings (SSSR count). The van der Waals surface area contributed by atoms with Crippen LogP contribution in [0.4, 0.5) is 0 Å². The molecule has 0 bridgehead atoms. The van der Waals surface area contributed by atoms with Gasteiger partial charge >= 0.3 is 0 Å². The molecule has 0 spiro atoms. The molecule has 1 heterocycles. The number of aromatic nitrogens is 1. The number of hydrogen-bond donors (Lipinski definition) is 1. The zero-order chi connectivity index (χ0) is 11.1. The summed E-state index contributed by atoms with van der Waals surface area (Å²) in [4.78, 5) is 4.46. The van der Waals surface area contributed by atoms with E-state index in [9.17, 15) is 0 Å². The predicted octanol–water partition coefficient (Wildman–Crippen LogP) is 2.63. The van der Waals surface area contributed by atoms with Gasteiger partial charge in [0.05, 0.1) is 10.7 Å². The van der Waals surface area contributed by atoms with Gasteiger partial charge in [0.25, 0.3) is 0 Å². The van der Waals surface area contributed by atoms with Crippen molar-refractivity contribution in [3.05, 3.63) is 16.1 Å². The molecule has 1 unspecified atom stereocenters. The second-order valence-corrected chi connectivity index (χ2v) is 6.19. The molecule has 1 N–H and O–H groups in total. The van der Waals surface area contributed by atoms with E-state index in [0.29, 0.717) is 6.42 Å². The summed E-state index contributed by atoms with van der Waals surface area (Å²) in [6.07, 6.45) is 2.70. The fourth-order valence-electron chi connectivity index (χ4n) is 1.24. The maximum Gasteiger partial charge on any atom is 0.0951 e. The minimum Gasteiger partial charge on any atom is -0.396 e. The van der Waals surface area contributed by atoms with E-state index in [0.717, 1.165) is 29.6 Å². The number of thiazole rings is 1. The Hall–Kier alpha value is -0.0200. The van der Waals surface area contributed by atoms with Crippen LogP contribution in [-0.2, 0) is 17.1 Å². The Morgan fingerprint density at radius 1 is 1.53 bits per heavy atom. The zero-order valence-corrected chi connectivity index (χ0v) is 11.0. The molecule has 0 saturated heterocycles. The highest BCUT2D eigenvalue weighted by Crippen LogP contribution is 2.40. The van der Waals surface area contributed by atoms with Gasteiger partial charge in [0.1, 0.15) is 0 Å². The van der Waals surface area contributed by atoms with E-state index in [1.807, 2.05) is 6.92 Å². The summed E-state index contributed by atoms with van der Waals surface area (Å²) in [5.74, 6) is 0. The van der Waals surface area contributed by atoms with Crippen LogP contribution in [0.3, 0.4) is 0 Å². The van der Waals surface area contributed by atoms with Crippen molar-refractivity contribution in [2.24, 2.45) is 0 Å². The van der Waals surface area contributed by atoms with E-state index >= 15 is 0 Å². The van der Waals surface area contributed by atoms with E-state index in [-0.39, 0.29) is 14.8 Å². The van der Waals surface area contributed by atoms with Gasteiger partial charge in [0, 0.05) is 39.3 Å². The fourth-order valence-corrected chi connectivity index (χ4v) is 3.54. The summed E-state index contributed by atoms with van der Waals surface area (Å²) < 4.78 is 5.64. The molecular weight excluding hydrogens is 229 g/mol. The van der Waals surface area contributed by atoms with Crippen LogP contribution < -0.4 is 0 Å². The lowest BCUT2D eigenvalue weighted by Gasteiger charge is -2.12. The van der Waals surface area contributed by atoms with E-state index in [4.69, 9.17) is 9.63 Å². The van der Waals surface area contributed by atoms with Gasteiger partial charge < -0.3 is 9.63 Å². The molecule has 0 radical (unpaired) electrons. The molecule has 0 fully saturated rings. The summed E-state index contributed by atoms with van der Waals surface area (Å²) >= 11 is 1.63. The quantitative estimate of drug-likeness (QED) is 0.753. The van der Waals surface area contributed by atoms with Gasteiger partial charge in [-0.25, -0.2) is 4.98 Å². The van der Waals surface area contributed by atoms with Crippen molar-refractivity contribution >= 4 is 19.5 Å². The van der Waals surface area contributed by atoms with Gasteiger partial charge in [0.15, 0.2) is 0 Å². The van der Waals surface area contributed by atoms with Crippen LogP contribution in [0.2, 0.25) is 0 Å². The normalized spacial score (nSPS) is 13.0. The van der Waals surface area contributed by atoms with E-state index in [1.54, 1.807) is 11.3 Å². The number of aliphatic hydroxyl groups excluding tert-OH is 1. The van der Waals surface area contributed by atoms with E-state index in [2.05, 4.69) is 17.3 Å². The molecule has 0 amide bonds. The SMILES string of the molecule is CCOP(CC)Cc1csc(CCO)n1. The first-order valence-corrected chi connectivity index (χ1v) is 7.73. The van der Waals surface area contributed by atoms with E-state index in [1.165, 1.54) is 0 Å². The molecular formula is C10H18NO2PS. The Morgan fingerprint density at radius 2 is 2.33 bits per heavy atom. The third-order valence-corrected chi connectivity index (χ3v) is 4.89. The molecule has 1 aromatic rings. The zero-order valence-electron chi connectivity index (χ0n) is 9.27. The summed E-state index contributed by atoms with van der Waals surface area (Å²) in [5, 5.41) is 11.9. The first kappa shape index (κ1) is 13.0. The lowest BCUT2D eigenvalue weighted by molar-refractivity contribution is 0.299. The second kappa shape index (κ2) is 7.29. The maximum absolute atomic E-state index is 8.79. The van der Waals surface area contributed by atoms with E-state index < -0.39 is 0 Å². The molecule has 5 heteroatoms. The van der Waals surface area contributed by atoms with Crippen LogP contribution in [0.15, 0.2) is 5.38 Å². The average molecular weight is 247 g/mol. The first-order chi connectivity index (χ1) is 7.30. The largest absolute Gasteiger partial charge is 0.396 e. The van der Waals surface area contributed by atoms with Crippen LogP contribution in [0.5, 0.6) is 0 Å². The lowest BCUT2D eigenvalue weighted by Crippen LogP contribution is -1.94. The van der Waals surface area contributed by atoms with Gasteiger partial charge in [-0.05, 0) is 13.1 Å². The maximum atomic E-state index is 8.79. The van der Waals surface area contributed by atoms with Gasteiger partial charge in [-0.15, -0.1) is 11.3 Å². The molecule has 0 aromatic carbocycles. The highest BCUT2D eigenvalue weighted by molar-refractivity contribution is 7.51. The molecule has 0 aliphatic carbocycles. The number of rotatable bonds is 7. The molecule has 0 saturated carbocycles. The highest BCUT2D eigenvalue weighted by Gasteiger charge is 2.09. The predicted molar refractivity (Wildman–Crippen MR) is 65.7 cm³/mol. The van der Waals surface area contributed by atoms with Crippen molar-refractivity contribution in [2.45, 2.75) is 26.4 Å². The molecule has 0 aliphatic heterocycles. The summed E-state index contributed by atoms with van der Waals surface area (Å²) in [7, 11) is -0.349. The Balaban J connectivity index is 2.47. The minimum absolute atomic E-state index is 0.182. The summed E-state index contributed by atoms with van der Waals surface area (Å²) in [5.41, 5.74) is 1.12. The van der Waals surface area contributed by atoms with Crippen LogP contribution in [0.1, 0.15) is 24.5 Å². The first-order valence-electron chi connectivity index (χ1n) is 5.22. The molecule has 0 aliphatic rings. The average Bonchev–Trinajstić information content (AvgIpc) is 2.66. The van der Waals surface area contributed by atoms with Crippen molar-refractivity contribution in [2.75, 3.05) is 19.4 Å². The Bertz CT molecular complexity index is 280. The van der Waals surface area contributed by atoms with Crippen LogP contribution >= 0.6 is 19.5 Å².